The van der Waals surface area contributed by atoms with Crippen LogP contribution in [0.15, 0.2) is 53.9 Å². The Bertz CT molecular complexity index is 1080. The van der Waals surface area contributed by atoms with Crippen molar-refractivity contribution in [2.24, 2.45) is 0 Å². The maximum atomic E-state index is 12.8. The zero-order valence-electron chi connectivity index (χ0n) is 17.8. The van der Waals surface area contributed by atoms with E-state index in [2.05, 4.69) is 34.6 Å². The highest BCUT2D eigenvalue weighted by Crippen LogP contribution is 2.40. The molecule has 6 nitrogen and oxygen atoms in total. The SMILES string of the molecule is O=C(Cc1csc(Cc2ccccc2)n1)NCC1(c2ccc3c(c2)OCO3)CCOCC1. The van der Waals surface area contributed by atoms with E-state index in [4.69, 9.17) is 14.2 Å². The van der Waals surface area contributed by atoms with Crippen molar-refractivity contribution in [3.63, 3.8) is 0 Å². The maximum Gasteiger partial charge on any atom is 0.231 e. The van der Waals surface area contributed by atoms with Gasteiger partial charge < -0.3 is 19.5 Å². The average molecular weight is 451 g/mol. The molecule has 0 radical (unpaired) electrons. The van der Waals surface area contributed by atoms with Crippen LogP contribution in [0.3, 0.4) is 0 Å². The number of nitrogens with one attached hydrogen (secondary N) is 1. The van der Waals surface area contributed by atoms with Crippen LogP contribution in [-0.2, 0) is 27.8 Å². The summed E-state index contributed by atoms with van der Waals surface area (Å²) in [4.78, 5) is 17.4. The van der Waals surface area contributed by atoms with Crippen molar-refractivity contribution in [2.75, 3.05) is 26.6 Å². The molecule has 0 unspecified atom stereocenters. The van der Waals surface area contributed by atoms with Crippen molar-refractivity contribution < 1.29 is 19.0 Å². The lowest BCUT2D eigenvalue weighted by atomic mass is 9.74. The van der Waals surface area contributed by atoms with E-state index in [9.17, 15) is 4.79 Å². The molecule has 0 saturated carbocycles. The summed E-state index contributed by atoms with van der Waals surface area (Å²) in [5.74, 6) is 1.54. The van der Waals surface area contributed by atoms with Gasteiger partial charge in [-0.05, 0) is 36.1 Å². The van der Waals surface area contributed by atoms with Gasteiger partial charge in [-0.1, -0.05) is 36.4 Å². The molecule has 7 heteroatoms. The molecule has 3 aromatic rings. The van der Waals surface area contributed by atoms with E-state index in [0.717, 1.165) is 47.0 Å². The van der Waals surface area contributed by atoms with Gasteiger partial charge in [0.25, 0.3) is 0 Å². The second-order valence-corrected chi connectivity index (χ2v) is 9.25. The standard InChI is InChI=1S/C25H26N2O4S/c28-23(14-20-15-32-24(27-20)12-18-4-2-1-3-5-18)26-16-25(8-10-29-11-9-25)19-6-7-21-22(13-19)31-17-30-21/h1-7,13,15H,8-12,14,16-17H2,(H,26,28). The lowest BCUT2D eigenvalue weighted by Crippen LogP contribution is -2.45. The maximum absolute atomic E-state index is 12.8. The second-order valence-electron chi connectivity index (χ2n) is 8.31. The van der Waals surface area contributed by atoms with Gasteiger partial charge in [-0.25, -0.2) is 4.98 Å². The van der Waals surface area contributed by atoms with Gasteiger partial charge >= 0.3 is 0 Å². The zero-order valence-corrected chi connectivity index (χ0v) is 18.7. The number of hydrogen-bond acceptors (Lipinski definition) is 6. The van der Waals surface area contributed by atoms with Crippen LogP contribution >= 0.6 is 11.3 Å². The smallest absolute Gasteiger partial charge is 0.231 e. The molecule has 5 rings (SSSR count). The Morgan fingerprint density at radius 3 is 2.72 bits per heavy atom. The number of fused-ring (bicyclic) bond motifs is 1. The van der Waals surface area contributed by atoms with Gasteiger partial charge in [-0.15, -0.1) is 11.3 Å². The quantitative estimate of drug-likeness (QED) is 0.592. The zero-order chi connectivity index (χ0) is 21.8. The molecule has 1 aromatic heterocycles. The normalized spacial score (nSPS) is 16.6. The molecule has 32 heavy (non-hydrogen) atoms. The van der Waals surface area contributed by atoms with E-state index >= 15 is 0 Å². The molecule has 2 aliphatic heterocycles. The molecule has 2 aliphatic rings. The first-order valence-corrected chi connectivity index (χ1v) is 11.8. The number of carbonyl (C=O) groups is 1. The first-order chi connectivity index (χ1) is 15.7. The summed E-state index contributed by atoms with van der Waals surface area (Å²) in [6.45, 7) is 2.18. The highest BCUT2D eigenvalue weighted by Gasteiger charge is 2.36. The molecule has 1 amide bonds. The lowest BCUT2D eigenvalue weighted by molar-refractivity contribution is -0.121. The van der Waals surface area contributed by atoms with Gasteiger partial charge in [0.05, 0.1) is 17.1 Å². The topological polar surface area (TPSA) is 69.7 Å². The van der Waals surface area contributed by atoms with E-state index in [1.54, 1.807) is 11.3 Å². The number of carbonyl (C=O) groups excluding carboxylic acids is 1. The summed E-state index contributed by atoms with van der Waals surface area (Å²) in [6.07, 6.45) is 2.79. The number of ether oxygens (including phenoxy) is 3. The minimum atomic E-state index is -0.171. The first-order valence-electron chi connectivity index (χ1n) is 10.9. The van der Waals surface area contributed by atoms with Crippen LogP contribution in [0.5, 0.6) is 11.5 Å². The Morgan fingerprint density at radius 2 is 1.88 bits per heavy atom. The van der Waals surface area contributed by atoms with E-state index < -0.39 is 0 Å². The van der Waals surface area contributed by atoms with Crippen LogP contribution in [-0.4, -0.2) is 37.4 Å². The molecule has 3 heterocycles. The number of amides is 1. The van der Waals surface area contributed by atoms with Crippen molar-refractivity contribution in [1.82, 2.24) is 10.3 Å². The third-order valence-electron chi connectivity index (χ3n) is 6.20. The van der Waals surface area contributed by atoms with Crippen molar-refractivity contribution in [2.45, 2.75) is 31.1 Å². The molecule has 0 atom stereocenters. The molecule has 1 fully saturated rings. The molecule has 166 valence electrons. The number of rotatable bonds is 7. The Kier molecular flexibility index (Phi) is 6.10. The summed E-state index contributed by atoms with van der Waals surface area (Å²) in [5, 5.41) is 6.18. The first kappa shape index (κ1) is 21.0. The third-order valence-corrected chi connectivity index (χ3v) is 7.10. The molecule has 0 bridgehead atoms. The Labute approximate surface area is 191 Å². The van der Waals surface area contributed by atoms with Crippen LogP contribution < -0.4 is 14.8 Å². The van der Waals surface area contributed by atoms with Crippen LogP contribution in [0.1, 0.15) is 34.7 Å². The molecule has 0 spiro atoms. The molecular weight excluding hydrogens is 424 g/mol. The van der Waals surface area contributed by atoms with E-state index in [1.165, 1.54) is 5.56 Å². The van der Waals surface area contributed by atoms with Crippen LogP contribution in [0, 0.1) is 0 Å². The molecule has 1 N–H and O–H groups in total. The minimum absolute atomic E-state index is 0.00632. The lowest BCUT2D eigenvalue weighted by Gasteiger charge is -2.38. The number of nitrogens with zero attached hydrogens (tertiary/aromatic N) is 1. The summed E-state index contributed by atoms with van der Waals surface area (Å²) in [7, 11) is 0. The Morgan fingerprint density at radius 1 is 1.06 bits per heavy atom. The molecule has 0 aliphatic carbocycles. The largest absolute Gasteiger partial charge is 0.454 e. The second kappa shape index (κ2) is 9.30. The summed E-state index contributed by atoms with van der Waals surface area (Å²) in [6, 6.07) is 16.4. The van der Waals surface area contributed by atoms with Crippen molar-refractivity contribution in [3.8, 4) is 11.5 Å². The van der Waals surface area contributed by atoms with Gasteiger partial charge in [0.1, 0.15) is 0 Å². The summed E-state index contributed by atoms with van der Waals surface area (Å²) >= 11 is 1.61. The number of benzene rings is 2. The van der Waals surface area contributed by atoms with Crippen LogP contribution in [0.4, 0.5) is 0 Å². The van der Waals surface area contributed by atoms with E-state index in [-0.39, 0.29) is 18.1 Å². The summed E-state index contributed by atoms with van der Waals surface area (Å²) < 4.78 is 16.6. The van der Waals surface area contributed by atoms with E-state index in [1.807, 2.05) is 29.6 Å². The fourth-order valence-electron chi connectivity index (χ4n) is 4.33. The highest BCUT2D eigenvalue weighted by atomic mass is 32.1. The van der Waals surface area contributed by atoms with Gasteiger partial charge in [0, 0.05) is 37.0 Å². The van der Waals surface area contributed by atoms with Crippen molar-refractivity contribution >= 4 is 17.2 Å². The van der Waals surface area contributed by atoms with Gasteiger partial charge in [-0.2, -0.15) is 0 Å². The Hall–Kier alpha value is -2.90. The van der Waals surface area contributed by atoms with Crippen molar-refractivity contribution in [3.05, 3.63) is 75.7 Å². The van der Waals surface area contributed by atoms with Crippen LogP contribution in [0.25, 0.3) is 0 Å². The minimum Gasteiger partial charge on any atom is -0.454 e. The predicted octanol–water partition coefficient (Wildman–Crippen LogP) is 3.87. The molecule has 2 aromatic carbocycles. The highest BCUT2D eigenvalue weighted by molar-refractivity contribution is 7.09. The molecular formula is C25H26N2O4S. The van der Waals surface area contributed by atoms with Gasteiger partial charge in [0.2, 0.25) is 12.7 Å². The van der Waals surface area contributed by atoms with Gasteiger partial charge in [0.15, 0.2) is 11.5 Å². The monoisotopic (exact) mass is 450 g/mol. The number of thiazole rings is 1. The number of hydrogen-bond donors (Lipinski definition) is 1. The Balaban J connectivity index is 1.23. The average Bonchev–Trinajstić information content (AvgIpc) is 3.48. The van der Waals surface area contributed by atoms with Gasteiger partial charge in [-0.3, -0.25) is 4.79 Å². The van der Waals surface area contributed by atoms with Crippen LogP contribution in [0.2, 0.25) is 0 Å². The number of aromatic nitrogens is 1. The van der Waals surface area contributed by atoms with E-state index in [0.29, 0.717) is 26.2 Å². The summed E-state index contributed by atoms with van der Waals surface area (Å²) in [5.41, 5.74) is 3.03. The molecule has 1 saturated heterocycles. The fraction of sp³-hybridized carbons (Fsp3) is 0.360. The third kappa shape index (κ3) is 4.64. The van der Waals surface area contributed by atoms with Crippen molar-refractivity contribution in [1.29, 1.82) is 0 Å². The predicted molar refractivity (Wildman–Crippen MR) is 122 cm³/mol. The fourth-order valence-corrected chi connectivity index (χ4v) is 5.16.